The first-order valence-electron chi connectivity index (χ1n) is 8.01. The Bertz CT molecular complexity index is 475. The van der Waals surface area contributed by atoms with Gasteiger partial charge in [0.15, 0.2) is 5.79 Å². The van der Waals surface area contributed by atoms with Crippen LogP contribution in [0.5, 0.6) is 0 Å². The van der Waals surface area contributed by atoms with E-state index in [2.05, 4.69) is 27.3 Å². The number of piperidine rings is 1. The molecular formula is C14H25N5O3. The second kappa shape index (κ2) is 6.89. The zero-order valence-electron chi connectivity index (χ0n) is 13.4. The highest BCUT2D eigenvalue weighted by Crippen LogP contribution is 2.35. The van der Waals surface area contributed by atoms with Crippen molar-refractivity contribution in [2.75, 3.05) is 44.9 Å². The lowest BCUT2D eigenvalue weighted by Crippen LogP contribution is -2.47. The van der Waals surface area contributed by atoms with Gasteiger partial charge in [-0.3, -0.25) is 0 Å². The van der Waals surface area contributed by atoms with Gasteiger partial charge in [-0.25, -0.2) is 4.68 Å². The maximum atomic E-state index is 5.83. The van der Waals surface area contributed by atoms with Gasteiger partial charge in [0.2, 0.25) is 5.95 Å². The first-order valence-corrected chi connectivity index (χ1v) is 8.01. The first kappa shape index (κ1) is 15.6. The number of tetrazole rings is 1. The van der Waals surface area contributed by atoms with Gasteiger partial charge >= 0.3 is 0 Å². The van der Waals surface area contributed by atoms with Crippen molar-refractivity contribution in [3.63, 3.8) is 0 Å². The van der Waals surface area contributed by atoms with Gasteiger partial charge in [-0.2, -0.15) is 0 Å². The number of hydrogen-bond donors (Lipinski definition) is 0. The Labute approximate surface area is 130 Å². The Balaban J connectivity index is 1.66. The van der Waals surface area contributed by atoms with Crippen molar-refractivity contribution in [2.24, 2.45) is 5.92 Å². The topological polar surface area (TPSA) is 74.5 Å². The molecule has 1 atom stereocenters. The van der Waals surface area contributed by atoms with Crippen molar-refractivity contribution in [3.05, 3.63) is 0 Å². The summed E-state index contributed by atoms with van der Waals surface area (Å²) in [4.78, 5) is 2.25. The molecule has 1 aromatic heterocycles. The maximum Gasteiger partial charge on any atom is 0.245 e. The quantitative estimate of drug-likeness (QED) is 0.715. The fourth-order valence-electron chi connectivity index (χ4n) is 3.28. The second-order valence-corrected chi connectivity index (χ2v) is 6.05. The Morgan fingerprint density at radius 3 is 2.95 bits per heavy atom. The van der Waals surface area contributed by atoms with Crippen LogP contribution in [0.4, 0.5) is 5.95 Å². The van der Waals surface area contributed by atoms with Crippen LogP contribution in [0.3, 0.4) is 0 Å². The van der Waals surface area contributed by atoms with Crippen molar-refractivity contribution in [1.82, 2.24) is 20.2 Å². The summed E-state index contributed by atoms with van der Waals surface area (Å²) in [5.41, 5.74) is 0. The molecule has 2 saturated heterocycles. The average Bonchev–Trinajstić information content (AvgIpc) is 3.18. The van der Waals surface area contributed by atoms with Crippen molar-refractivity contribution in [2.45, 2.75) is 38.5 Å². The van der Waals surface area contributed by atoms with E-state index in [1.165, 1.54) is 0 Å². The Hall–Kier alpha value is -1.25. The van der Waals surface area contributed by atoms with Crippen LogP contribution in [0.1, 0.15) is 26.2 Å². The lowest BCUT2D eigenvalue weighted by Gasteiger charge is -2.39. The number of aromatic nitrogens is 4. The van der Waals surface area contributed by atoms with Crippen LogP contribution in [0.25, 0.3) is 0 Å². The Morgan fingerprint density at radius 2 is 2.18 bits per heavy atom. The number of methoxy groups -OCH3 is 1. The van der Waals surface area contributed by atoms with E-state index < -0.39 is 5.79 Å². The molecule has 1 aromatic rings. The fourth-order valence-corrected chi connectivity index (χ4v) is 3.28. The highest BCUT2D eigenvalue weighted by molar-refractivity contribution is 5.29. The number of hydrogen-bond acceptors (Lipinski definition) is 7. The molecule has 124 valence electrons. The summed E-state index contributed by atoms with van der Waals surface area (Å²) >= 11 is 0. The molecule has 0 amide bonds. The molecule has 8 heteroatoms. The molecule has 8 nitrogen and oxygen atoms in total. The number of anilines is 1. The molecule has 2 fully saturated rings. The van der Waals surface area contributed by atoms with Gasteiger partial charge in [-0.05, 0) is 36.6 Å². The van der Waals surface area contributed by atoms with Gasteiger partial charge < -0.3 is 19.1 Å². The minimum absolute atomic E-state index is 0.341. The van der Waals surface area contributed by atoms with Gasteiger partial charge in [-0.1, -0.05) is 5.10 Å². The average molecular weight is 311 g/mol. The lowest BCUT2D eigenvalue weighted by atomic mass is 9.90. The minimum Gasteiger partial charge on any atom is -0.385 e. The highest BCUT2D eigenvalue weighted by Gasteiger charge is 2.42. The highest BCUT2D eigenvalue weighted by atomic mass is 16.7. The van der Waals surface area contributed by atoms with Gasteiger partial charge in [0, 0.05) is 39.3 Å². The van der Waals surface area contributed by atoms with E-state index in [9.17, 15) is 0 Å². The Morgan fingerprint density at radius 1 is 1.36 bits per heavy atom. The van der Waals surface area contributed by atoms with E-state index in [1.54, 1.807) is 7.11 Å². The van der Waals surface area contributed by atoms with E-state index in [0.29, 0.717) is 25.7 Å². The van der Waals surface area contributed by atoms with Gasteiger partial charge in [0.25, 0.3) is 0 Å². The monoisotopic (exact) mass is 311 g/mol. The van der Waals surface area contributed by atoms with E-state index >= 15 is 0 Å². The van der Waals surface area contributed by atoms with Crippen LogP contribution >= 0.6 is 0 Å². The van der Waals surface area contributed by atoms with E-state index in [0.717, 1.165) is 44.8 Å². The maximum absolute atomic E-state index is 5.83. The number of aryl methyl sites for hydroxylation is 1. The van der Waals surface area contributed by atoms with Crippen LogP contribution in [0.2, 0.25) is 0 Å². The third-order valence-corrected chi connectivity index (χ3v) is 4.54. The molecule has 2 aliphatic rings. The zero-order valence-corrected chi connectivity index (χ0v) is 13.4. The summed E-state index contributed by atoms with van der Waals surface area (Å²) in [5.74, 6) is 0.711. The SMILES string of the molecule is COCCCn1nnnc1N1CCCC(C2(C)OCCO2)C1. The van der Waals surface area contributed by atoms with Gasteiger partial charge in [-0.15, -0.1) is 0 Å². The predicted octanol–water partition coefficient (Wildman–Crippen LogP) is 0.689. The smallest absolute Gasteiger partial charge is 0.245 e. The third-order valence-electron chi connectivity index (χ3n) is 4.54. The molecule has 3 rings (SSSR count). The van der Waals surface area contributed by atoms with Crippen molar-refractivity contribution in [3.8, 4) is 0 Å². The number of ether oxygens (including phenoxy) is 3. The van der Waals surface area contributed by atoms with Crippen LogP contribution in [-0.2, 0) is 20.8 Å². The molecule has 22 heavy (non-hydrogen) atoms. The minimum atomic E-state index is -0.465. The molecule has 0 spiro atoms. The summed E-state index contributed by atoms with van der Waals surface area (Å²) < 4.78 is 18.6. The van der Waals surface area contributed by atoms with Gasteiger partial charge in [0.05, 0.1) is 13.2 Å². The van der Waals surface area contributed by atoms with Crippen LogP contribution in [0, 0.1) is 5.92 Å². The van der Waals surface area contributed by atoms with Crippen LogP contribution in [-0.4, -0.2) is 66.0 Å². The summed E-state index contributed by atoms with van der Waals surface area (Å²) in [6.45, 7) is 6.72. The summed E-state index contributed by atoms with van der Waals surface area (Å²) in [7, 11) is 1.71. The Kier molecular flexibility index (Phi) is 4.90. The van der Waals surface area contributed by atoms with E-state index in [-0.39, 0.29) is 0 Å². The van der Waals surface area contributed by atoms with Crippen LogP contribution < -0.4 is 4.90 Å². The molecule has 1 unspecified atom stereocenters. The molecule has 0 saturated carbocycles. The molecule has 2 aliphatic heterocycles. The number of rotatable bonds is 6. The van der Waals surface area contributed by atoms with Crippen LogP contribution in [0.15, 0.2) is 0 Å². The first-order chi connectivity index (χ1) is 10.7. The van der Waals surface area contributed by atoms with Crippen molar-refractivity contribution >= 4 is 5.95 Å². The fraction of sp³-hybridized carbons (Fsp3) is 0.929. The summed E-state index contributed by atoms with van der Waals surface area (Å²) in [6, 6.07) is 0. The molecule has 0 bridgehead atoms. The van der Waals surface area contributed by atoms with Crippen molar-refractivity contribution < 1.29 is 14.2 Å². The van der Waals surface area contributed by atoms with Crippen molar-refractivity contribution in [1.29, 1.82) is 0 Å². The summed E-state index contributed by atoms with van der Waals surface area (Å²) in [5, 5.41) is 12.1. The third kappa shape index (κ3) is 3.23. The number of nitrogens with zero attached hydrogens (tertiary/aromatic N) is 5. The lowest BCUT2D eigenvalue weighted by molar-refractivity contribution is -0.182. The second-order valence-electron chi connectivity index (χ2n) is 6.05. The normalized spacial score (nSPS) is 24.8. The van der Waals surface area contributed by atoms with E-state index in [4.69, 9.17) is 14.2 Å². The van der Waals surface area contributed by atoms with Gasteiger partial charge in [0.1, 0.15) is 0 Å². The molecule has 0 aromatic carbocycles. The van der Waals surface area contributed by atoms with E-state index in [1.807, 2.05) is 4.68 Å². The molecular weight excluding hydrogens is 286 g/mol. The molecule has 0 aliphatic carbocycles. The summed E-state index contributed by atoms with van der Waals surface area (Å²) in [6.07, 6.45) is 3.10. The zero-order chi connectivity index (χ0) is 15.4. The standard InChI is InChI=1S/C14H25N5O3/c1-14(21-9-10-22-14)12-5-3-6-18(11-12)13-15-16-17-19(13)7-4-8-20-2/h12H,3-11H2,1-2H3. The molecule has 0 N–H and O–H groups in total. The molecule has 3 heterocycles. The largest absolute Gasteiger partial charge is 0.385 e. The molecule has 0 radical (unpaired) electrons. The predicted molar refractivity (Wildman–Crippen MR) is 79.6 cm³/mol.